The van der Waals surface area contributed by atoms with Crippen LogP contribution in [0.1, 0.15) is 6.42 Å². The first-order chi connectivity index (χ1) is 6.11. The molecule has 4 nitrogen and oxygen atoms in total. The Labute approximate surface area is 78.6 Å². The Hall–Kier alpha value is -0.970. The number of β-lactam (4-membered cyclic amide) rings is 1. The van der Waals surface area contributed by atoms with Crippen molar-refractivity contribution in [3.8, 4) is 0 Å². The first kappa shape index (κ1) is 8.62. The third-order valence-electron chi connectivity index (χ3n) is 2.38. The lowest BCUT2D eigenvalue weighted by Gasteiger charge is -2.41. The Morgan fingerprint density at radius 2 is 2.46 bits per heavy atom. The summed E-state index contributed by atoms with van der Waals surface area (Å²) in [6.45, 7) is 0. The second kappa shape index (κ2) is 2.77. The molecule has 2 heterocycles. The van der Waals surface area contributed by atoms with Crippen LogP contribution in [0.25, 0.3) is 0 Å². The first-order valence-corrected chi connectivity index (χ1v) is 5.82. The third-order valence-corrected chi connectivity index (χ3v) is 4.38. The molecular formula is C8H9NO3S. The number of amides is 1. The maximum absolute atomic E-state index is 11.1. The summed E-state index contributed by atoms with van der Waals surface area (Å²) >= 11 is 0. The van der Waals surface area contributed by atoms with E-state index in [1.54, 1.807) is 6.08 Å². The van der Waals surface area contributed by atoms with Gasteiger partial charge in [-0.15, -0.1) is 0 Å². The van der Waals surface area contributed by atoms with E-state index in [2.05, 4.69) is 0 Å². The number of carbonyl (C=O) groups excluding carboxylic acids is 2. The molecule has 1 amide bonds. The highest BCUT2D eigenvalue weighted by atomic mass is 32.2. The van der Waals surface area contributed by atoms with Gasteiger partial charge < -0.3 is 9.90 Å². The number of carboxylic acid groups (broad SMARTS) is 1. The highest BCUT2D eigenvalue weighted by Crippen LogP contribution is 2.32. The highest BCUT2D eigenvalue weighted by Gasteiger charge is 2.50. The van der Waals surface area contributed by atoms with Crippen LogP contribution >= 0.6 is 0 Å². The molecule has 2 aliphatic heterocycles. The second-order valence-electron chi connectivity index (χ2n) is 3.16. The maximum Gasteiger partial charge on any atom is 0.238 e. The zero-order valence-corrected chi connectivity index (χ0v) is 7.97. The molecule has 0 aliphatic carbocycles. The van der Waals surface area contributed by atoms with Crippen molar-refractivity contribution in [3.05, 3.63) is 11.8 Å². The Kier molecular flexibility index (Phi) is 1.83. The van der Waals surface area contributed by atoms with Gasteiger partial charge in [-0.1, -0.05) is 0 Å². The molecule has 1 fully saturated rings. The average molecular weight is 199 g/mol. The lowest BCUT2D eigenvalue weighted by Crippen LogP contribution is -2.60. The van der Waals surface area contributed by atoms with Crippen LogP contribution in [-0.4, -0.2) is 34.2 Å². The number of aliphatic carboxylic acids is 1. The van der Waals surface area contributed by atoms with Gasteiger partial charge in [-0.2, -0.15) is 0 Å². The number of fused-ring (bicyclic) bond motifs is 1. The summed E-state index contributed by atoms with van der Waals surface area (Å²) in [5.41, 5.74) is 0.0619. The van der Waals surface area contributed by atoms with Gasteiger partial charge in [0.2, 0.25) is 11.3 Å². The van der Waals surface area contributed by atoms with E-state index in [1.165, 1.54) is 4.90 Å². The SMILES string of the molecule is C[S+]1CC=C(C(=O)[O-])N2C(=O)C[C@H]21. The van der Waals surface area contributed by atoms with Gasteiger partial charge in [0.1, 0.15) is 5.75 Å². The van der Waals surface area contributed by atoms with Crippen molar-refractivity contribution in [2.75, 3.05) is 12.0 Å². The number of hydrogen-bond acceptors (Lipinski definition) is 3. The molecule has 0 bridgehead atoms. The minimum Gasteiger partial charge on any atom is -0.543 e. The van der Waals surface area contributed by atoms with E-state index in [-0.39, 0.29) is 27.9 Å². The summed E-state index contributed by atoms with van der Waals surface area (Å²) in [4.78, 5) is 23.1. The van der Waals surface area contributed by atoms with Crippen LogP contribution in [-0.2, 0) is 20.5 Å². The summed E-state index contributed by atoms with van der Waals surface area (Å²) in [5, 5.41) is 10.7. The molecule has 2 aliphatic rings. The fraction of sp³-hybridized carbons (Fsp3) is 0.500. The molecule has 0 radical (unpaired) electrons. The molecule has 2 atom stereocenters. The van der Waals surface area contributed by atoms with Crippen LogP contribution in [0.3, 0.4) is 0 Å². The van der Waals surface area contributed by atoms with Crippen molar-refractivity contribution >= 4 is 22.8 Å². The Morgan fingerprint density at radius 3 is 3.00 bits per heavy atom. The van der Waals surface area contributed by atoms with Crippen LogP contribution in [0.4, 0.5) is 0 Å². The number of nitrogens with zero attached hydrogens (tertiary/aromatic N) is 1. The van der Waals surface area contributed by atoms with E-state index in [0.29, 0.717) is 6.42 Å². The predicted molar refractivity (Wildman–Crippen MR) is 46.5 cm³/mol. The van der Waals surface area contributed by atoms with E-state index in [1.807, 2.05) is 6.26 Å². The number of hydrogen-bond donors (Lipinski definition) is 0. The van der Waals surface area contributed by atoms with Crippen molar-refractivity contribution in [2.45, 2.75) is 11.8 Å². The van der Waals surface area contributed by atoms with Crippen LogP contribution in [0, 0.1) is 0 Å². The third kappa shape index (κ3) is 1.14. The normalized spacial score (nSPS) is 31.9. The average Bonchev–Trinajstić information content (AvgIpc) is 2.05. The molecule has 0 saturated carbocycles. The van der Waals surface area contributed by atoms with Crippen molar-refractivity contribution in [1.29, 1.82) is 0 Å². The van der Waals surface area contributed by atoms with Crippen molar-refractivity contribution in [3.63, 3.8) is 0 Å². The van der Waals surface area contributed by atoms with Crippen LogP contribution < -0.4 is 5.11 Å². The summed E-state index contributed by atoms with van der Waals surface area (Å²) in [6.07, 6.45) is 4.13. The Bertz CT molecular complexity index is 313. The molecule has 1 unspecified atom stereocenters. The van der Waals surface area contributed by atoms with Gasteiger partial charge in [0.25, 0.3) is 0 Å². The molecule has 70 valence electrons. The van der Waals surface area contributed by atoms with Crippen LogP contribution in [0.2, 0.25) is 0 Å². The maximum atomic E-state index is 11.1. The zero-order valence-electron chi connectivity index (χ0n) is 7.15. The lowest BCUT2D eigenvalue weighted by molar-refractivity contribution is -0.301. The van der Waals surface area contributed by atoms with Crippen LogP contribution in [0.5, 0.6) is 0 Å². The molecule has 0 aromatic carbocycles. The smallest absolute Gasteiger partial charge is 0.238 e. The summed E-state index contributed by atoms with van der Waals surface area (Å²) in [7, 11) is 0.101. The fourth-order valence-corrected chi connectivity index (χ4v) is 3.26. The van der Waals surface area contributed by atoms with Crippen molar-refractivity contribution in [1.82, 2.24) is 4.90 Å². The number of carboxylic acids is 1. The van der Waals surface area contributed by atoms with E-state index < -0.39 is 5.97 Å². The topological polar surface area (TPSA) is 60.4 Å². The van der Waals surface area contributed by atoms with Crippen molar-refractivity contribution in [2.24, 2.45) is 0 Å². The number of carbonyl (C=O) groups is 2. The van der Waals surface area contributed by atoms with Gasteiger partial charge in [0.15, 0.2) is 0 Å². The van der Waals surface area contributed by atoms with Crippen molar-refractivity contribution < 1.29 is 14.7 Å². The predicted octanol–water partition coefficient (Wildman–Crippen LogP) is -1.56. The quantitative estimate of drug-likeness (QED) is 0.379. The minimum atomic E-state index is -1.24. The van der Waals surface area contributed by atoms with Gasteiger partial charge in [-0.25, -0.2) is 0 Å². The number of rotatable bonds is 1. The Balaban J connectivity index is 2.29. The standard InChI is InChI=1S/C8H9NO3S/c1-13-3-2-5(8(11)12)9-6(10)4-7(9)13/h2,7H,3-4H2,1H3/t7-,13?/m1/s1. The summed E-state index contributed by atoms with van der Waals surface area (Å²) in [5.74, 6) is -0.591. The Morgan fingerprint density at radius 1 is 1.77 bits per heavy atom. The van der Waals surface area contributed by atoms with Gasteiger partial charge >= 0.3 is 0 Å². The molecule has 0 aromatic heterocycles. The monoisotopic (exact) mass is 199 g/mol. The van der Waals surface area contributed by atoms with E-state index >= 15 is 0 Å². The van der Waals surface area contributed by atoms with Gasteiger partial charge in [0.05, 0.1) is 24.3 Å². The zero-order chi connectivity index (χ0) is 9.59. The van der Waals surface area contributed by atoms with E-state index in [4.69, 9.17) is 0 Å². The molecule has 0 spiro atoms. The largest absolute Gasteiger partial charge is 0.543 e. The second-order valence-corrected chi connectivity index (χ2v) is 5.42. The van der Waals surface area contributed by atoms with E-state index in [0.717, 1.165) is 5.75 Å². The molecule has 0 N–H and O–H groups in total. The minimum absolute atomic E-state index is 0.0619. The fourth-order valence-electron chi connectivity index (χ4n) is 1.60. The molecule has 0 aromatic rings. The highest BCUT2D eigenvalue weighted by molar-refractivity contribution is 7.97. The molecule has 2 rings (SSSR count). The molecule has 13 heavy (non-hydrogen) atoms. The molecular weight excluding hydrogens is 190 g/mol. The van der Waals surface area contributed by atoms with E-state index in [9.17, 15) is 14.7 Å². The molecule has 5 heteroatoms. The van der Waals surface area contributed by atoms with Gasteiger partial charge in [-0.05, 0) is 6.08 Å². The molecule has 1 saturated heterocycles. The summed E-state index contributed by atoms with van der Waals surface area (Å²) < 4.78 is 0. The lowest BCUT2D eigenvalue weighted by atomic mass is 10.1. The van der Waals surface area contributed by atoms with Crippen LogP contribution in [0.15, 0.2) is 11.8 Å². The first-order valence-electron chi connectivity index (χ1n) is 3.96. The van der Waals surface area contributed by atoms with Gasteiger partial charge in [0, 0.05) is 10.9 Å². The summed E-state index contributed by atoms with van der Waals surface area (Å²) in [6, 6.07) is 0. The van der Waals surface area contributed by atoms with Gasteiger partial charge in [-0.3, -0.25) is 9.69 Å².